The summed E-state index contributed by atoms with van der Waals surface area (Å²) >= 11 is 0. The first-order valence-electron chi connectivity index (χ1n) is 10.3. The molecule has 0 N–H and O–H groups in total. The number of rotatable bonds is 4. The van der Waals surface area contributed by atoms with Crippen molar-refractivity contribution in [2.24, 2.45) is 17.8 Å². The first-order valence-corrected chi connectivity index (χ1v) is 10.3. The highest BCUT2D eigenvalue weighted by molar-refractivity contribution is 6.24. The van der Waals surface area contributed by atoms with Crippen LogP contribution in [0, 0.1) is 17.8 Å². The lowest BCUT2D eigenvalue weighted by Gasteiger charge is -2.33. The van der Waals surface area contributed by atoms with Crippen molar-refractivity contribution in [3.05, 3.63) is 58.6 Å². The Morgan fingerprint density at radius 1 is 1.27 bits per heavy atom. The van der Waals surface area contributed by atoms with E-state index in [0.717, 1.165) is 6.42 Å². The molecule has 2 heterocycles. The molecule has 0 saturated carbocycles. The summed E-state index contributed by atoms with van der Waals surface area (Å²) in [6.07, 6.45) is 9.23. The number of carbonyl (C=O) groups is 4. The lowest BCUT2D eigenvalue weighted by molar-refractivity contribution is -0.153. The van der Waals surface area contributed by atoms with E-state index in [9.17, 15) is 19.2 Å². The molecule has 2 aliphatic carbocycles. The van der Waals surface area contributed by atoms with Gasteiger partial charge in [0.05, 0.1) is 12.2 Å². The Morgan fingerprint density at radius 3 is 2.67 bits per heavy atom. The topological polar surface area (TPSA) is 86.7 Å². The number of hydrogen-bond acceptors (Lipinski definition) is 6. The second kappa shape index (κ2) is 7.04. The molecule has 0 spiro atoms. The van der Waals surface area contributed by atoms with Crippen molar-refractivity contribution in [2.75, 3.05) is 0 Å². The number of ether oxygens (including phenoxy) is 2. The minimum Gasteiger partial charge on any atom is -0.468 e. The number of carbonyl (C=O) groups excluding carboxylic acids is 4. The van der Waals surface area contributed by atoms with E-state index < -0.39 is 23.3 Å². The molecule has 0 saturated heterocycles. The van der Waals surface area contributed by atoms with E-state index in [1.807, 2.05) is 19.9 Å². The van der Waals surface area contributed by atoms with Crippen molar-refractivity contribution in [1.82, 2.24) is 0 Å². The van der Waals surface area contributed by atoms with Crippen LogP contribution >= 0.6 is 0 Å². The van der Waals surface area contributed by atoms with Gasteiger partial charge in [0.25, 0.3) is 0 Å². The minimum absolute atomic E-state index is 0.0457. The Balaban J connectivity index is 1.82. The first-order chi connectivity index (χ1) is 14.2. The van der Waals surface area contributed by atoms with E-state index in [1.54, 1.807) is 19.1 Å². The predicted octanol–water partition coefficient (Wildman–Crippen LogP) is 3.30. The van der Waals surface area contributed by atoms with Crippen LogP contribution in [0.3, 0.4) is 0 Å². The summed E-state index contributed by atoms with van der Waals surface area (Å²) in [6.45, 7) is 7.08. The smallest absolute Gasteiger partial charge is 0.343 e. The van der Waals surface area contributed by atoms with Crippen LogP contribution in [0.15, 0.2) is 58.6 Å². The number of allylic oxidation sites excluding steroid dienone is 5. The van der Waals surface area contributed by atoms with Crippen LogP contribution in [-0.2, 0) is 28.7 Å². The van der Waals surface area contributed by atoms with Gasteiger partial charge in [-0.25, -0.2) is 4.79 Å². The van der Waals surface area contributed by atoms with Gasteiger partial charge >= 0.3 is 5.97 Å². The summed E-state index contributed by atoms with van der Waals surface area (Å²) < 4.78 is 11.3. The Bertz CT molecular complexity index is 1030. The molecule has 0 radical (unpaired) electrons. The minimum atomic E-state index is -1.55. The standard InChI is InChI=1S/C24H24O6/c1-5-12(2)22(27)20-21-15-11-29-17(19-13(3)7-6-8-16(19)25)9-14(15)10-18(26)24(21,4)30-23(20)28/h6,8-13,19H,5,7H2,1-4H3/t12?,13-,19+,24+/m0/s1. The average molecular weight is 408 g/mol. The zero-order valence-corrected chi connectivity index (χ0v) is 17.5. The second-order valence-corrected chi connectivity index (χ2v) is 8.50. The molecule has 4 rings (SSSR count). The van der Waals surface area contributed by atoms with Gasteiger partial charge in [-0.15, -0.1) is 0 Å². The van der Waals surface area contributed by atoms with Gasteiger partial charge in [-0.05, 0) is 49.5 Å². The van der Waals surface area contributed by atoms with Gasteiger partial charge in [0.15, 0.2) is 17.2 Å². The summed E-state index contributed by atoms with van der Waals surface area (Å²) in [7, 11) is 0. The third-order valence-corrected chi connectivity index (χ3v) is 6.45. The zero-order valence-electron chi connectivity index (χ0n) is 17.5. The SMILES string of the molecule is CCC(C)C(=O)C1=C2C3=COC([C@H]4C(=O)C=CC[C@@H]4C)=CC3=CC(=O)[C@@]2(C)OC1=O. The van der Waals surface area contributed by atoms with Crippen molar-refractivity contribution in [1.29, 1.82) is 0 Å². The summed E-state index contributed by atoms with van der Waals surface area (Å²) in [5, 5.41) is 0. The highest BCUT2D eigenvalue weighted by Crippen LogP contribution is 2.47. The lowest BCUT2D eigenvalue weighted by atomic mass is 9.74. The van der Waals surface area contributed by atoms with Gasteiger partial charge in [0, 0.05) is 17.1 Å². The van der Waals surface area contributed by atoms with E-state index in [2.05, 4.69) is 0 Å². The molecule has 0 aromatic rings. The number of fused-ring (bicyclic) bond motifs is 3. The predicted molar refractivity (Wildman–Crippen MR) is 108 cm³/mol. The largest absolute Gasteiger partial charge is 0.468 e. The van der Waals surface area contributed by atoms with E-state index >= 15 is 0 Å². The summed E-state index contributed by atoms with van der Waals surface area (Å²) in [5.41, 5.74) is -0.363. The van der Waals surface area contributed by atoms with Crippen LogP contribution < -0.4 is 0 Å². The molecule has 4 aliphatic rings. The normalized spacial score (nSPS) is 31.2. The first kappa shape index (κ1) is 20.3. The maximum absolute atomic E-state index is 12.9. The summed E-state index contributed by atoms with van der Waals surface area (Å²) in [6, 6.07) is 0. The third kappa shape index (κ3) is 2.85. The number of hydrogen-bond donors (Lipinski definition) is 0. The van der Waals surface area contributed by atoms with Gasteiger partial charge in [-0.1, -0.05) is 26.8 Å². The molecular weight excluding hydrogens is 384 g/mol. The van der Waals surface area contributed by atoms with Crippen molar-refractivity contribution in [3.8, 4) is 0 Å². The molecule has 1 unspecified atom stereocenters. The zero-order chi connectivity index (χ0) is 21.8. The Kier molecular flexibility index (Phi) is 4.76. The van der Waals surface area contributed by atoms with Crippen LogP contribution in [0.25, 0.3) is 0 Å². The molecule has 6 nitrogen and oxygen atoms in total. The fourth-order valence-electron chi connectivity index (χ4n) is 4.41. The van der Waals surface area contributed by atoms with E-state index in [4.69, 9.17) is 9.47 Å². The van der Waals surface area contributed by atoms with Crippen molar-refractivity contribution < 1.29 is 28.7 Å². The molecule has 2 aliphatic heterocycles. The molecule has 0 amide bonds. The van der Waals surface area contributed by atoms with Crippen LogP contribution in [0.1, 0.15) is 40.5 Å². The second-order valence-electron chi connectivity index (χ2n) is 8.50. The summed E-state index contributed by atoms with van der Waals surface area (Å²) in [4.78, 5) is 50.9. The number of esters is 1. The highest BCUT2D eigenvalue weighted by Gasteiger charge is 2.55. The molecular formula is C24H24O6. The molecule has 0 aromatic heterocycles. The van der Waals surface area contributed by atoms with Gasteiger partial charge in [-0.3, -0.25) is 14.4 Å². The molecule has 0 aromatic carbocycles. The monoisotopic (exact) mass is 408 g/mol. The Labute approximate surface area is 175 Å². The van der Waals surface area contributed by atoms with Gasteiger partial charge < -0.3 is 9.47 Å². The summed E-state index contributed by atoms with van der Waals surface area (Å²) in [5.74, 6) is -1.87. The average Bonchev–Trinajstić information content (AvgIpc) is 2.98. The molecule has 0 bridgehead atoms. The van der Waals surface area contributed by atoms with Crippen molar-refractivity contribution in [3.63, 3.8) is 0 Å². The van der Waals surface area contributed by atoms with Crippen LogP contribution in [0.5, 0.6) is 0 Å². The lowest BCUT2D eigenvalue weighted by Crippen LogP contribution is -2.41. The highest BCUT2D eigenvalue weighted by atomic mass is 16.6. The maximum atomic E-state index is 12.9. The van der Waals surface area contributed by atoms with Crippen molar-refractivity contribution in [2.45, 2.75) is 46.1 Å². The Hall–Kier alpha value is -3.02. The number of Topliss-reactive ketones (excluding diaryl/α,β-unsaturated/α-hetero) is 1. The van der Waals surface area contributed by atoms with Gasteiger partial charge in [-0.2, -0.15) is 0 Å². The van der Waals surface area contributed by atoms with Gasteiger partial charge in [0.1, 0.15) is 11.3 Å². The van der Waals surface area contributed by atoms with E-state index in [1.165, 1.54) is 19.3 Å². The van der Waals surface area contributed by atoms with Crippen LogP contribution in [0.2, 0.25) is 0 Å². The maximum Gasteiger partial charge on any atom is 0.343 e. The van der Waals surface area contributed by atoms with Crippen LogP contribution in [-0.4, -0.2) is 28.9 Å². The Morgan fingerprint density at radius 2 is 2.00 bits per heavy atom. The van der Waals surface area contributed by atoms with E-state index in [-0.39, 0.29) is 34.5 Å². The van der Waals surface area contributed by atoms with Crippen LogP contribution in [0.4, 0.5) is 0 Å². The third-order valence-electron chi connectivity index (χ3n) is 6.45. The fraction of sp³-hybridized carbons (Fsp3) is 0.417. The molecule has 0 fully saturated rings. The quantitative estimate of drug-likeness (QED) is 0.524. The molecule has 156 valence electrons. The number of ketones is 3. The van der Waals surface area contributed by atoms with Crippen molar-refractivity contribution >= 4 is 23.3 Å². The molecule has 6 heteroatoms. The molecule has 4 atom stereocenters. The van der Waals surface area contributed by atoms with E-state index in [0.29, 0.717) is 23.3 Å². The molecule has 30 heavy (non-hydrogen) atoms. The van der Waals surface area contributed by atoms with Gasteiger partial charge in [0.2, 0.25) is 5.78 Å². The fourth-order valence-corrected chi connectivity index (χ4v) is 4.41.